The molecular formula is C13H21NO. The highest BCUT2D eigenvalue weighted by molar-refractivity contribution is 5.71. The van der Waals surface area contributed by atoms with Gasteiger partial charge in [0, 0.05) is 6.21 Å². The van der Waals surface area contributed by atoms with Crippen LogP contribution in [0, 0.1) is 0 Å². The topological polar surface area (TPSA) is 21.6 Å². The lowest BCUT2D eigenvalue weighted by Gasteiger charge is -2.26. The van der Waals surface area contributed by atoms with Crippen LogP contribution in [-0.4, -0.2) is 24.5 Å². The Hall–Kier alpha value is -0.890. The molecule has 2 heteroatoms. The summed E-state index contributed by atoms with van der Waals surface area (Å²) in [6, 6.07) is 0. The summed E-state index contributed by atoms with van der Waals surface area (Å²) < 4.78 is 5.94. The molecule has 0 saturated heterocycles. The molecular weight excluding hydrogens is 186 g/mol. The van der Waals surface area contributed by atoms with Crippen LogP contribution in [-0.2, 0) is 4.74 Å². The quantitative estimate of drug-likeness (QED) is 0.647. The molecule has 1 heterocycles. The third-order valence-corrected chi connectivity index (χ3v) is 2.14. The standard InChI is InChI=1S/C13H21NO/c1-11-6-5-9-14-10-12(8-7-11)15-13(2,3)4/h5-6,9,12H,1,7-8,10H2,2-4H3/b6-5-,14-9?. The minimum absolute atomic E-state index is 0.0942. The van der Waals surface area contributed by atoms with E-state index in [-0.39, 0.29) is 11.7 Å². The second kappa shape index (κ2) is 5.26. The molecule has 1 unspecified atom stereocenters. The average molecular weight is 207 g/mol. The molecule has 1 aliphatic heterocycles. The van der Waals surface area contributed by atoms with Gasteiger partial charge in [0.2, 0.25) is 0 Å². The summed E-state index contributed by atoms with van der Waals surface area (Å²) in [6.45, 7) is 11.0. The normalized spacial score (nSPS) is 25.5. The minimum Gasteiger partial charge on any atom is -0.371 e. The number of ether oxygens (including phenoxy) is 1. The number of rotatable bonds is 1. The average Bonchev–Trinajstić information content (AvgIpc) is 2.18. The van der Waals surface area contributed by atoms with Crippen molar-refractivity contribution in [3.05, 3.63) is 24.3 Å². The second-order valence-electron chi connectivity index (χ2n) is 4.92. The van der Waals surface area contributed by atoms with Crippen molar-refractivity contribution < 1.29 is 4.74 Å². The first-order valence-electron chi connectivity index (χ1n) is 5.49. The second-order valence-corrected chi connectivity index (χ2v) is 4.92. The maximum Gasteiger partial charge on any atom is 0.0780 e. The van der Waals surface area contributed by atoms with Crippen molar-refractivity contribution in [2.75, 3.05) is 6.54 Å². The van der Waals surface area contributed by atoms with Gasteiger partial charge in [-0.3, -0.25) is 4.99 Å². The Morgan fingerprint density at radius 2 is 2.20 bits per heavy atom. The van der Waals surface area contributed by atoms with E-state index in [2.05, 4.69) is 32.3 Å². The maximum absolute atomic E-state index is 5.94. The number of hydrogen-bond donors (Lipinski definition) is 0. The van der Waals surface area contributed by atoms with Crippen LogP contribution in [0.1, 0.15) is 33.6 Å². The van der Waals surface area contributed by atoms with E-state index in [0.29, 0.717) is 0 Å². The minimum atomic E-state index is -0.0942. The van der Waals surface area contributed by atoms with Gasteiger partial charge in [-0.05, 0) is 39.7 Å². The Labute approximate surface area is 92.7 Å². The fraction of sp³-hybridized carbons (Fsp3) is 0.615. The Morgan fingerprint density at radius 3 is 2.87 bits per heavy atom. The monoisotopic (exact) mass is 207 g/mol. The molecule has 0 aliphatic carbocycles. The first kappa shape index (κ1) is 12.2. The van der Waals surface area contributed by atoms with Crippen LogP contribution in [0.15, 0.2) is 29.3 Å². The summed E-state index contributed by atoms with van der Waals surface area (Å²) in [5.74, 6) is 0. The third kappa shape index (κ3) is 5.53. The van der Waals surface area contributed by atoms with Crippen LogP contribution in [0.3, 0.4) is 0 Å². The van der Waals surface area contributed by atoms with Gasteiger partial charge in [-0.15, -0.1) is 0 Å². The van der Waals surface area contributed by atoms with E-state index in [1.807, 2.05) is 18.4 Å². The van der Waals surface area contributed by atoms with Crippen LogP contribution < -0.4 is 0 Å². The molecule has 1 atom stereocenters. The van der Waals surface area contributed by atoms with Gasteiger partial charge in [-0.1, -0.05) is 18.2 Å². The van der Waals surface area contributed by atoms with Crippen molar-refractivity contribution in [1.29, 1.82) is 0 Å². The summed E-state index contributed by atoms with van der Waals surface area (Å²) in [7, 11) is 0. The summed E-state index contributed by atoms with van der Waals surface area (Å²) in [4.78, 5) is 4.31. The molecule has 15 heavy (non-hydrogen) atoms. The first-order valence-corrected chi connectivity index (χ1v) is 5.49. The van der Waals surface area contributed by atoms with E-state index in [9.17, 15) is 0 Å². The lowest BCUT2D eigenvalue weighted by molar-refractivity contribution is -0.0577. The first-order chi connectivity index (χ1) is 6.97. The number of aliphatic imine (C=N–C) groups is 1. The van der Waals surface area contributed by atoms with E-state index in [4.69, 9.17) is 4.74 Å². The van der Waals surface area contributed by atoms with Crippen molar-refractivity contribution in [2.45, 2.75) is 45.3 Å². The van der Waals surface area contributed by atoms with Crippen LogP contribution in [0.4, 0.5) is 0 Å². The highest BCUT2D eigenvalue weighted by Crippen LogP contribution is 2.17. The molecule has 0 bridgehead atoms. The molecule has 0 radical (unpaired) electrons. The Kier molecular flexibility index (Phi) is 4.28. The molecule has 0 spiro atoms. The van der Waals surface area contributed by atoms with Gasteiger partial charge in [0.15, 0.2) is 0 Å². The lowest BCUT2D eigenvalue weighted by Crippen LogP contribution is -2.29. The van der Waals surface area contributed by atoms with Crippen LogP contribution >= 0.6 is 0 Å². The fourth-order valence-electron chi connectivity index (χ4n) is 1.54. The molecule has 0 amide bonds. The molecule has 1 aliphatic rings. The smallest absolute Gasteiger partial charge is 0.0780 e. The molecule has 84 valence electrons. The predicted molar refractivity (Wildman–Crippen MR) is 65.5 cm³/mol. The largest absolute Gasteiger partial charge is 0.371 e. The molecule has 1 rings (SSSR count). The van der Waals surface area contributed by atoms with E-state index in [1.165, 1.54) is 0 Å². The van der Waals surface area contributed by atoms with Gasteiger partial charge in [0.05, 0.1) is 18.2 Å². The van der Waals surface area contributed by atoms with Gasteiger partial charge < -0.3 is 4.74 Å². The zero-order valence-electron chi connectivity index (χ0n) is 9.99. The van der Waals surface area contributed by atoms with E-state index in [0.717, 1.165) is 25.0 Å². The molecule has 2 nitrogen and oxygen atoms in total. The Morgan fingerprint density at radius 1 is 1.47 bits per heavy atom. The van der Waals surface area contributed by atoms with E-state index in [1.54, 1.807) is 0 Å². The highest BCUT2D eigenvalue weighted by Gasteiger charge is 2.18. The Bertz CT molecular complexity index is 271. The third-order valence-electron chi connectivity index (χ3n) is 2.14. The summed E-state index contributed by atoms with van der Waals surface area (Å²) >= 11 is 0. The molecule has 0 fully saturated rings. The molecule has 0 saturated carbocycles. The van der Waals surface area contributed by atoms with Crippen LogP contribution in [0.2, 0.25) is 0 Å². The van der Waals surface area contributed by atoms with E-state index < -0.39 is 0 Å². The number of allylic oxidation sites excluding steroid dienone is 3. The fourth-order valence-corrected chi connectivity index (χ4v) is 1.54. The van der Waals surface area contributed by atoms with Crippen molar-refractivity contribution in [2.24, 2.45) is 4.99 Å². The predicted octanol–water partition coefficient (Wildman–Crippen LogP) is 3.15. The SMILES string of the molecule is C=C1/C=C\C=NCC(OC(C)(C)C)CC1. The zero-order chi connectivity index (χ0) is 11.3. The maximum atomic E-state index is 5.94. The number of hydrogen-bond acceptors (Lipinski definition) is 2. The van der Waals surface area contributed by atoms with Gasteiger partial charge in [-0.25, -0.2) is 0 Å². The van der Waals surface area contributed by atoms with Crippen molar-refractivity contribution >= 4 is 6.21 Å². The highest BCUT2D eigenvalue weighted by atomic mass is 16.5. The van der Waals surface area contributed by atoms with Crippen molar-refractivity contribution in [1.82, 2.24) is 0 Å². The van der Waals surface area contributed by atoms with Gasteiger partial charge in [-0.2, -0.15) is 0 Å². The summed E-state index contributed by atoms with van der Waals surface area (Å²) in [6.07, 6.45) is 7.98. The van der Waals surface area contributed by atoms with Crippen LogP contribution in [0.25, 0.3) is 0 Å². The van der Waals surface area contributed by atoms with Crippen molar-refractivity contribution in [3.8, 4) is 0 Å². The lowest BCUT2D eigenvalue weighted by atomic mass is 10.1. The van der Waals surface area contributed by atoms with Crippen LogP contribution in [0.5, 0.6) is 0 Å². The van der Waals surface area contributed by atoms with Crippen molar-refractivity contribution in [3.63, 3.8) is 0 Å². The molecule has 0 N–H and O–H groups in total. The zero-order valence-corrected chi connectivity index (χ0v) is 9.99. The molecule has 0 aromatic rings. The van der Waals surface area contributed by atoms with Gasteiger partial charge in [0.1, 0.15) is 0 Å². The summed E-state index contributed by atoms with van der Waals surface area (Å²) in [5.41, 5.74) is 1.05. The van der Waals surface area contributed by atoms with E-state index >= 15 is 0 Å². The van der Waals surface area contributed by atoms with Gasteiger partial charge >= 0.3 is 0 Å². The van der Waals surface area contributed by atoms with Gasteiger partial charge in [0.25, 0.3) is 0 Å². The Balaban J connectivity index is 2.55. The molecule has 0 aromatic carbocycles. The number of nitrogens with zero attached hydrogens (tertiary/aromatic N) is 1. The molecule has 0 aromatic heterocycles. The summed E-state index contributed by atoms with van der Waals surface area (Å²) in [5, 5.41) is 0.